The number of nitrogens with zero attached hydrogens (tertiary/aromatic N) is 5. The first-order valence-corrected chi connectivity index (χ1v) is 11.4. The van der Waals surface area contributed by atoms with Crippen molar-refractivity contribution in [2.75, 3.05) is 0 Å². The fourth-order valence-corrected chi connectivity index (χ4v) is 5.07. The molecule has 0 spiro atoms. The molecule has 7 heteroatoms. The maximum absolute atomic E-state index is 13.3. The van der Waals surface area contributed by atoms with Crippen LogP contribution in [0.25, 0.3) is 17.1 Å². The second-order valence-electron chi connectivity index (χ2n) is 7.66. The highest BCUT2D eigenvalue weighted by atomic mass is 32.2. The van der Waals surface area contributed by atoms with Gasteiger partial charge >= 0.3 is 0 Å². The number of benzene rings is 2. The molecule has 5 rings (SSSR count). The van der Waals surface area contributed by atoms with Crippen molar-refractivity contribution in [3.8, 4) is 23.1 Å². The second-order valence-corrected chi connectivity index (χ2v) is 8.60. The number of thioether (sulfide) groups is 1. The lowest BCUT2D eigenvalue weighted by Crippen LogP contribution is -2.19. The van der Waals surface area contributed by atoms with Gasteiger partial charge in [-0.05, 0) is 49.1 Å². The van der Waals surface area contributed by atoms with Crippen LogP contribution in [0, 0.1) is 11.3 Å². The monoisotopic (exact) mass is 427 g/mol. The molecule has 154 valence electrons. The van der Waals surface area contributed by atoms with Gasteiger partial charge in [0.25, 0.3) is 5.56 Å². The Morgan fingerprint density at radius 1 is 1.06 bits per heavy atom. The van der Waals surface area contributed by atoms with Crippen molar-refractivity contribution >= 4 is 11.8 Å². The Balaban J connectivity index is 1.60. The van der Waals surface area contributed by atoms with Gasteiger partial charge in [0, 0.05) is 18.0 Å². The Morgan fingerprint density at radius 3 is 2.77 bits per heavy atom. The normalized spacial score (nSPS) is 13.5. The fraction of sp³-hybridized carbons (Fsp3) is 0.250. The van der Waals surface area contributed by atoms with Gasteiger partial charge < -0.3 is 4.57 Å². The summed E-state index contributed by atoms with van der Waals surface area (Å²) in [7, 11) is 0. The van der Waals surface area contributed by atoms with E-state index in [-0.39, 0.29) is 5.56 Å². The fourth-order valence-electron chi connectivity index (χ4n) is 4.09. The first kappa shape index (κ1) is 19.6. The zero-order valence-electron chi connectivity index (χ0n) is 17.0. The van der Waals surface area contributed by atoms with E-state index < -0.39 is 0 Å². The third-order valence-corrected chi connectivity index (χ3v) is 6.64. The SMILES string of the molecule is N#Cc1cccc(CSc2nc3nn(-c4ccccc4)c(=O)c-3c3n2CCCCC3)c1. The lowest BCUT2D eigenvalue weighted by atomic mass is 10.1. The summed E-state index contributed by atoms with van der Waals surface area (Å²) in [6.45, 7) is 0.856. The Labute approximate surface area is 184 Å². The number of fused-ring (bicyclic) bond motifs is 3. The van der Waals surface area contributed by atoms with Crippen LogP contribution < -0.4 is 5.56 Å². The Kier molecular flexibility index (Phi) is 5.31. The van der Waals surface area contributed by atoms with Crippen LogP contribution >= 0.6 is 11.8 Å². The number of para-hydroxylation sites is 1. The van der Waals surface area contributed by atoms with Gasteiger partial charge in [-0.1, -0.05) is 48.5 Å². The number of aromatic nitrogens is 4. The van der Waals surface area contributed by atoms with Gasteiger partial charge in [-0.3, -0.25) is 4.79 Å². The van der Waals surface area contributed by atoms with Gasteiger partial charge in [0.1, 0.15) is 5.56 Å². The number of rotatable bonds is 4. The van der Waals surface area contributed by atoms with Gasteiger partial charge in [-0.2, -0.15) is 9.94 Å². The predicted octanol–water partition coefficient (Wildman–Crippen LogP) is 4.42. The molecule has 0 aromatic heterocycles. The average Bonchev–Trinajstić information content (AvgIpc) is 2.98. The van der Waals surface area contributed by atoms with E-state index in [0.717, 1.165) is 54.3 Å². The molecular formula is C24H21N5OS. The maximum Gasteiger partial charge on any atom is 0.284 e. The molecular weight excluding hydrogens is 406 g/mol. The van der Waals surface area contributed by atoms with Crippen LogP contribution in [0.15, 0.2) is 64.5 Å². The zero-order valence-corrected chi connectivity index (χ0v) is 17.8. The molecule has 2 aromatic rings. The minimum Gasteiger partial charge on any atom is -0.324 e. The van der Waals surface area contributed by atoms with Crippen molar-refractivity contribution < 1.29 is 0 Å². The van der Waals surface area contributed by atoms with E-state index in [1.807, 2.05) is 54.6 Å². The Morgan fingerprint density at radius 2 is 1.94 bits per heavy atom. The second kappa shape index (κ2) is 8.40. The minimum atomic E-state index is -0.0994. The topological polar surface area (TPSA) is 76.5 Å². The van der Waals surface area contributed by atoms with Crippen LogP contribution in [0.1, 0.15) is 36.1 Å². The summed E-state index contributed by atoms with van der Waals surface area (Å²) in [6, 6.07) is 19.3. The third kappa shape index (κ3) is 3.75. The van der Waals surface area contributed by atoms with E-state index in [1.54, 1.807) is 11.8 Å². The molecule has 31 heavy (non-hydrogen) atoms. The molecule has 3 heterocycles. The highest BCUT2D eigenvalue weighted by Crippen LogP contribution is 2.31. The Bertz CT molecular complexity index is 1300. The zero-order chi connectivity index (χ0) is 21.2. The van der Waals surface area contributed by atoms with Gasteiger partial charge in [-0.15, -0.1) is 5.10 Å². The predicted molar refractivity (Wildman–Crippen MR) is 121 cm³/mol. The molecule has 0 saturated heterocycles. The molecule has 0 N–H and O–H groups in total. The molecule has 0 bridgehead atoms. The quantitative estimate of drug-likeness (QED) is 0.356. The van der Waals surface area contributed by atoms with Crippen LogP contribution in [0.4, 0.5) is 0 Å². The van der Waals surface area contributed by atoms with Gasteiger partial charge in [0.05, 0.1) is 17.3 Å². The standard InChI is InChI=1S/C24H21N5OS/c25-15-17-8-7-9-18(14-17)16-31-24-26-22-21(20-12-5-2-6-13-28(20)24)23(30)29(27-22)19-10-3-1-4-11-19/h1,3-4,7-11,14H,2,5-6,12-13,16H2. The van der Waals surface area contributed by atoms with E-state index in [9.17, 15) is 4.79 Å². The molecule has 0 aliphatic carbocycles. The first-order chi connectivity index (χ1) is 15.2. The molecule has 0 amide bonds. The summed E-state index contributed by atoms with van der Waals surface area (Å²) < 4.78 is 3.68. The number of hydrogen-bond acceptors (Lipinski definition) is 5. The summed E-state index contributed by atoms with van der Waals surface area (Å²) in [5, 5.41) is 14.6. The Hall–Kier alpha value is -3.37. The lowest BCUT2D eigenvalue weighted by molar-refractivity contribution is 0.571. The first-order valence-electron chi connectivity index (χ1n) is 10.4. The van der Waals surface area contributed by atoms with Crippen molar-refractivity contribution in [1.82, 2.24) is 19.3 Å². The number of hydrogen-bond donors (Lipinski definition) is 0. The van der Waals surface area contributed by atoms with Gasteiger partial charge in [0.15, 0.2) is 11.0 Å². The molecule has 0 radical (unpaired) electrons. The van der Waals surface area contributed by atoms with Gasteiger partial charge in [-0.25, -0.2) is 4.98 Å². The largest absolute Gasteiger partial charge is 0.324 e. The highest BCUT2D eigenvalue weighted by molar-refractivity contribution is 7.98. The summed E-state index contributed by atoms with van der Waals surface area (Å²) in [5.41, 5.74) is 4.07. The minimum absolute atomic E-state index is 0.0994. The van der Waals surface area contributed by atoms with Crippen molar-refractivity contribution in [3.05, 3.63) is 81.8 Å². The van der Waals surface area contributed by atoms with Crippen molar-refractivity contribution in [2.45, 2.75) is 43.1 Å². The molecule has 0 unspecified atom stereocenters. The van der Waals surface area contributed by atoms with E-state index in [2.05, 4.69) is 15.7 Å². The van der Waals surface area contributed by atoms with Crippen LogP contribution in [-0.4, -0.2) is 19.3 Å². The van der Waals surface area contributed by atoms with E-state index in [1.165, 1.54) is 4.68 Å². The molecule has 0 fully saturated rings. The van der Waals surface area contributed by atoms with Crippen LogP contribution in [0.2, 0.25) is 0 Å². The summed E-state index contributed by atoms with van der Waals surface area (Å²) in [6.07, 6.45) is 4.12. The molecule has 6 nitrogen and oxygen atoms in total. The summed E-state index contributed by atoms with van der Waals surface area (Å²) in [4.78, 5) is 18.1. The van der Waals surface area contributed by atoms with Crippen molar-refractivity contribution in [3.63, 3.8) is 0 Å². The molecule has 2 aromatic carbocycles. The highest BCUT2D eigenvalue weighted by Gasteiger charge is 2.27. The average molecular weight is 428 g/mol. The smallest absolute Gasteiger partial charge is 0.284 e. The maximum atomic E-state index is 13.3. The molecule has 3 aliphatic rings. The number of nitriles is 1. The van der Waals surface area contributed by atoms with Crippen LogP contribution in [0.3, 0.4) is 0 Å². The third-order valence-electron chi connectivity index (χ3n) is 5.59. The molecule has 0 atom stereocenters. The van der Waals surface area contributed by atoms with Crippen molar-refractivity contribution in [2.24, 2.45) is 0 Å². The van der Waals surface area contributed by atoms with Crippen LogP contribution in [-0.2, 0) is 18.7 Å². The van der Waals surface area contributed by atoms with E-state index in [4.69, 9.17) is 10.2 Å². The molecule has 3 aliphatic heterocycles. The van der Waals surface area contributed by atoms with E-state index >= 15 is 0 Å². The summed E-state index contributed by atoms with van der Waals surface area (Å²) in [5.74, 6) is 1.21. The molecule has 0 saturated carbocycles. The van der Waals surface area contributed by atoms with E-state index in [0.29, 0.717) is 22.7 Å². The van der Waals surface area contributed by atoms with Gasteiger partial charge in [0.2, 0.25) is 0 Å². The van der Waals surface area contributed by atoms with Crippen LogP contribution in [0.5, 0.6) is 0 Å². The lowest BCUT2D eigenvalue weighted by Gasteiger charge is -2.17. The summed E-state index contributed by atoms with van der Waals surface area (Å²) >= 11 is 1.63. The van der Waals surface area contributed by atoms with Crippen molar-refractivity contribution in [1.29, 1.82) is 5.26 Å².